The third-order valence-corrected chi connectivity index (χ3v) is 8.09. The van der Waals surface area contributed by atoms with E-state index in [0.29, 0.717) is 11.4 Å². The van der Waals surface area contributed by atoms with Crippen LogP contribution < -0.4 is 0 Å². The molecule has 35 heavy (non-hydrogen) atoms. The molecule has 2 saturated heterocycles. The van der Waals surface area contributed by atoms with Crippen LogP contribution in [0, 0.1) is 10.8 Å². The number of methoxy groups -OCH3 is 2. The van der Waals surface area contributed by atoms with Crippen LogP contribution in [0.3, 0.4) is 0 Å². The Morgan fingerprint density at radius 1 is 0.886 bits per heavy atom. The first-order valence-electron chi connectivity index (χ1n) is 11.9. The van der Waals surface area contributed by atoms with Crippen molar-refractivity contribution < 1.29 is 23.9 Å². The molecule has 3 aliphatic rings. The molecule has 0 amide bonds. The van der Waals surface area contributed by atoms with Crippen LogP contribution in [-0.4, -0.2) is 77.9 Å². The molecule has 2 aromatic rings. The number of ether oxygens (including phenoxy) is 2. The number of likely N-dealkylation sites (tertiary alicyclic amines) is 2. The lowest BCUT2D eigenvalue weighted by molar-refractivity contribution is -0.207. The van der Waals surface area contributed by atoms with Gasteiger partial charge < -0.3 is 9.47 Å². The average Bonchev–Trinajstić information content (AvgIpc) is 2.85. The maximum Gasteiger partial charge on any atom is 0.322 e. The summed E-state index contributed by atoms with van der Waals surface area (Å²) in [5.74, 6) is -1.81. The van der Waals surface area contributed by atoms with Crippen molar-refractivity contribution in [3.8, 4) is 0 Å². The summed E-state index contributed by atoms with van der Waals surface area (Å²) in [5, 5.41) is 0. The second-order valence-corrected chi connectivity index (χ2v) is 9.72. The van der Waals surface area contributed by atoms with E-state index >= 15 is 0 Å². The fourth-order valence-corrected chi connectivity index (χ4v) is 6.41. The lowest BCUT2D eigenvalue weighted by Gasteiger charge is -2.62. The zero-order valence-electron chi connectivity index (χ0n) is 20.2. The highest BCUT2D eigenvalue weighted by Crippen LogP contribution is 2.60. The molecule has 0 radical (unpaired) electrons. The number of fused-ring (bicyclic) bond motifs is 2. The number of piperidine rings is 2. The maximum absolute atomic E-state index is 14.7. The molecule has 9 heteroatoms. The number of ketones is 1. The Bertz CT molecular complexity index is 1050. The van der Waals surface area contributed by atoms with Gasteiger partial charge >= 0.3 is 11.9 Å². The number of pyridine rings is 2. The van der Waals surface area contributed by atoms with E-state index in [4.69, 9.17) is 9.47 Å². The molecule has 2 aliphatic heterocycles. The van der Waals surface area contributed by atoms with Gasteiger partial charge in [-0.2, -0.15) is 0 Å². The van der Waals surface area contributed by atoms with Crippen LogP contribution in [0.1, 0.15) is 42.7 Å². The number of hydrogen-bond donors (Lipinski definition) is 0. The Morgan fingerprint density at radius 3 is 1.71 bits per heavy atom. The first-order valence-corrected chi connectivity index (χ1v) is 11.9. The van der Waals surface area contributed by atoms with Gasteiger partial charge in [0.2, 0.25) is 0 Å². The number of carbonyl (C=O) groups excluding carboxylic acids is 3. The van der Waals surface area contributed by atoms with Crippen LogP contribution in [0.15, 0.2) is 48.8 Å². The van der Waals surface area contributed by atoms with Crippen molar-refractivity contribution in [1.82, 2.24) is 19.8 Å². The highest BCUT2D eigenvalue weighted by molar-refractivity contribution is 6.17. The fourth-order valence-electron chi connectivity index (χ4n) is 6.41. The quantitative estimate of drug-likeness (QED) is 0.471. The predicted octanol–water partition coefficient (Wildman–Crippen LogP) is 1.96. The second-order valence-electron chi connectivity index (χ2n) is 9.72. The molecule has 0 N–H and O–H groups in total. The van der Waals surface area contributed by atoms with Crippen molar-refractivity contribution in [2.45, 2.75) is 37.4 Å². The van der Waals surface area contributed by atoms with Gasteiger partial charge in [-0.3, -0.25) is 34.2 Å². The van der Waals surface area contributed by atoms with Crippen LogP contribution in [0.2, 0.25) is 0 Å². The number of aromatic nitrogens is 2. The number of rotatable bonds is 5. The van der Waals surface area contributed by atoms with E-state index < -0.39 is 40.6 Å². The molecular formula is C26H30N4O5. The summed E-state index contributed by atoms with van der Waals surface area (Å²) in [6, 6.07) is 9.49. The van der Waals surface area contributed by atoms with Gasteiger partial charge in [-0.25, -0.2) is 0 Å². The highest BCUT2D eigenvalue weighted by atomic mass is 16.5. The normalized spacial score (nSPS) is 31.5. The zero-order chi connectivity index (χ0) is 24.8. The van der Waals surface area contributed by atoms with Crippen LogP contribution in [-0.2, 0) is 23.9 Å². The first-order chi connectivity index (χ1) is 16.9. The SMILES string of the molecule is COC(=O)[C@@]12CN(C3CCC3)C[C@@](C(=O)OC)(C1=O)C(c1ccccn1)N(C)C2c1ccccn1. The maximum atomic E-state index is 14.7. The second kappa shape index (κ2) is 8.80. The van der Waals surface area contributed by atoms with Gasteiger partial charge in [-0.15, -0.1) is 0 Å². The van der Waals surface area contributed by atoms with E-state index in [1.165, 1.54) is 14.2 Å². The number of Topliss-reactive ketones (excluding diaryl/α,β-unsaturated/α-hetero) is 1. The minimum absolute atomic E-state index is 0.155. The molecule has 2 aromatic heterocycles. The van der Waals surface area contributed by atoms with Crippen LogP contribution in [0.5, 0.6) is 0 Å². The van der Waals surface area contributed by atoms with Crippen LogP contribution >= 0.6 is 0 Å². The van der Waals surface area contributed by atoms with E-state index in [-0.39, 0.29) is 19.1 Å². The van der Waals surface area contributed by atoms with E-state index in [2.05, 4.69) is 14.9 Å². The first kappa shape index (κ1) is 23.6. The molecule has 3 fully saturated rings. The molecule has 0 spiro atoms. The van der Waals surface area contributed by atoms with Crippen molar-refractivity contribution in [2.75, 3.05) is 34.4 Å². The standard InChI is InChI=1S/C26H30N4O5/c1-29-20(18-11-4-6-13-27-18)25(23(32)34-2)15-30(17-9-8-10-17)16-26(22(25)31,24(33)35-3)21(29)19-12-5-7-14-28-19/h4-7,11-14,17,20-21H,8-10,15-16H2,1-3H3/t20?,21?,25-,26+. The molecule has 5 rings (SSSR count). The Labute approximate surface area is 204 Å². The van der Waals surface area contributed by atoms with Crippen molar-refractivity contribution in [3.05, 3.63) is 60.2 Å². The number of carbonyl (C=O) groups is 3. The van der Waals surface area contributed by atoms with Crippen molar-refractivity contribution >= 4 is 17.7 Å². The third-order valence-electron chi connectivity index (χ3n) is 8.09. The minimum Gasteiger partial charge on any atom is -0.468 e. The van der Waals surface area contributed by atoms with Gasteiger partial charge in [0.1, 0.15) is 0 Å². The van der Waals surface area contributed by atoms with E-state index in [0.717, 1.165) is 19.3 Å². The van der Waals surface area contributed by atoms with Crippen molar-refractivity contribution in [2.24, 2.45) is 10.8 Å². The molecule has 1 saturated carbocycles. The summed E-state index contributed by atoms with van der Waals surface area (Å²) in [4.78, 5) is 55.3. The Kier molecular flexibility index (Phi) is 5.93. The van der Waals surface area contributed by atoms with E-state index in [1.54, 1.807) is 24.5 Å². The topological polar surface area (TPSA) is 102 Å². The lowest BCUT2D eigenvalue weighted by atomic mass is 9.54. The number of esters is 2. The molecule has 0 aromatic carbocycles. The van der Waals surface area contributed by atoms with Crippen molar-refractivity contribution in [1.29, 1.82) is 0 Å². The van der Waals surface area contributed by atoms with Gasteiger partial charge in [0.15, 0.2) is 16.6 Å². The van der Waals surface area contributed by atoms with Gasteiger partial charge in [-0.05, 0) is 44.2 Å². The molecule has 9 nitrogen and oxygen atoms in total. The zero-order valence-corrected chi connectivity index (χ0v) is 20.2. The molecule has 1 aliphatic carbocycles. The van der Waals surface area contributed by atoms with Gasteiger partial charge in [0.05, 0.1) is 37.7 Å². The number of hydrogen-bond acceptors (Lipinski definition) is 9. The summed E-state index contributed by atoms with van der Waals surface area (Å²) in [7, 11) is 4.39. The van der Waals surface area contributed by atoms with Crippen molar-refractivity contribution in [3.63, 3.8) is 0 Å². The largest absolute Gasteiger partial charge is 0.468 e. The molecular weight excluding hydrogens is 448 g/mol. The fraction of sp³-hybridized carbons (Fsp3) is 0.500. The summed E-state index contributed by atoms with van der Waals surface area (Å²) in [6.07, 6.45) is 6.24. The summed E-state index contributed by atoms with van der Waals surface area (Å²) < 4.78 is 10.6. The van der Waals surface area contributed by atoms with E-state index in [9.17, 15) is 14.4 Å². The molecule has 2 unspecified atom stereocenters. The highest BCUT2D eigenvalue weighted by Gasteiger charge is 2.75. The monoisotopic (exact) mass is 478 g/mol. The molecule has 184 valence electrons. The van der Waals surface area contributed by atoms with Gasteiger partial charge in [0.25, 0.3) is 0 Å². The van der Waals surface area contributed by atoms with Gasteiger partial charge in [-0.1, -0.05) is 18.6 Å². The Morgan fingerprint density at radius 2 is 1.37 bits per heavy atom. The summed E-state index contributed by atoms with van der Waals surface area (Å²) in [6.45, 7) is 0.310. The van der Waals surface area contributed by atoms with E-state index in [1.807, 2.05) is 36.2 Å². The Balaban J connectivity index is 1.82. The molecule has 4 heterocycles. The molecule has 2 bridgehead atoms. The predicted molar refractivity (Wildman–Crippen MR) is 125 cm³/mol. The molecule has 4 atom stereocenters. The number of nitrogens with zero attached hydrogens (tertiary/aromatic N) is 4. The average molecular weight is 479 g/mol. The van der Waals surface area contributed by atoms with Crippen LogP contribution in [0.25, 0.3) is 0 Å². The Hall–Kier alpha value is -3.17. The third kappa shape index (κ3) is 3.25. The smallest absolute Gasteiger partial charge is 0.322 e. The lowest BCUT2D eigenvalue weighted by Crippen LogP contribution is -2.76. The summed E-state index contributed by atoms with van der Waals surface area (Å²) >= 11 is 0. The summed E-state index contributed by atoms with van der Waals surface area (Å²) in [5.41, 5.74) is -2.21. The minimum atomic E-state index is -1.66. The van der Waals surface area contributed by atoms with Gasteiger partial charge in [0, 0.05) is 31.5 Å². The van der Waals surface area contributed by atoms with Crippen LogP contribution in [0.4, 0.5) is 0 Å².